The van der Waals surface area contributed by atoms with Gasteiger partial charge in [-0.2, -0.15) is 0 Å². The van der Waals surface area contributed by atoms with E-state index in [2.05, 4.69) is 49.8 Å². The molecule has 1 fully saturated rings. The van der Waals surface area contributed by atoms with E-state index in [9.17, 15) is 0 Å². The van der Waals surface area contributed by atoms with E-state index in [-0.39, 0.29) is 6.04 Å². The summed E-state index contributed by atoms with van der Waals surface area (Å²) in [5.41, 5.74) is 0. The van der Waals surface area contributed by atoms with Crippen LogP contribution < -0.4 is 0 Å². The van der Waals surface area contributed by atoms with E-state index in [0.717, 1.165) is 26.1 Å². The van der Waals surface area contributed by atoms with Crippen molar-refractivity contribution < 1.29 is 0 Å². The lowest BCUT2D eigenvalue weighted by atomic mass is 10.2. The summed E-state index contributed by atoms with van der Waals surface area (Å²) in [6, 6.07) is 0.126. The minimum absolute atomic E-state index is 0.126. The van der Waals surface area contributed by atoms with Crippen LogP contribution in [0.25, 0.3) is 0 Å². The maximum atomic E-state index is 6.05. The van der Waals surface area contributed by atoms with Crippen molar-refractivity contribution in [1.29, 1.82) is 0 Å². The topological polar surface area (TPSA) is 32.3 Å². The van der Waals surface area contributed by atoms with Crippen molar-refractivity contribution in [3.05, 3.63) is 20.6 Å². The summed E-state index contributed by atoms with van der Waals surface area (Å²) < 4.78 is 0.555. The van der Waals surface area contributed by atoms with Crippen molar-refractivity contribution in [2.75, 3.05) is 33.7 Å². The molecule has 7 heteroatoms. The first-order chi connectivity index (χ1) is 8.49. The largest absolute Gasteiger partial charge is 0.304 e. The summed E-state index contributed by atoms with van der Waals surface area (Å²) in [4.78, 5) is 13.2. The highest BCUT2D eigenvalue weighted by Gasteiger charge is 2.25. The third kappa shape index (κ3) is 3.14. The van der Waals surface area contributed by atoms with Crippen molar-refractivity contribution >= 4 is 39.1 Å². The molecular formula is C11H15BrCl2N4. The molecule has 1 aliphatic heterocycles. The van der Waals surface area contributed by atoms with Crippen LogP contribution >= 0.6 is 39.1 Å². The minimum Gasteiger partial charge on any atom is -0.304 e. The van der Waals surface area contributed by atoms with Crippen LogP contribution in [0, 0.1) is 0 Å². The summed E-state index contributed by atoms with van der Waals surface area (Å²) in [5, 5.41) is 0.732. The fourth-order valence-corrected chi connectivity index (χ4v) is 2.69. The van der Waals surface area contributed by atoms with Crippen LogP contribution in [0.4, 0.5) is 0 Å². The van der Waals surface area contributed by atoms with Crippen LogP contribution in [0.1, 0.15) is 18.3 Å². The summed E-state index contributed by atoms with van der Waals surface area (Å²) in [6.07, 6.45) is 1.14. The molecule has 1 aromatic heterocycles. The Bertz CT molecular complexity index is 420. The molecule has 0 radical (unpaired) electrons. The second-order valence-corrected chi connectivity index (χ2v) is 6.10. The van der Waals surface area contributed by atoms with E-state index in [1.54, 1.807) is 0 Å². The van der Waals surface area contributed by atoms with Crippen molar-refractivity contribution in [2.24, 2.45) is 0 Å². The summed E-state index contributed by atoms with van der Waals surface area (Å²) in [7, 11) is 4.19. The lowest BCUT2D eigenvalue weighted by molar-refractivity contribution is 0.219. The predicted octanol–water partition coefficient (Wildman–Crippen LogP) is 2.85. The molecule has 0 bridgehead atoms. The Kier molecular flexibility index (Phi) is 4.83. The average Bonchev–Trinajstić information content (AvgIpc) is 2.47. The summed E-state index contributed by atoms with van der Waals surface area (Å²) >= 11 is 15.4. The van der Waals surface area contributed by atoms with Gasteiger partial charge in [-0.25, -0.2) is 9.97 Å². The van der Waals surface area contributed by atoms with Gasteiger partial charge in [-0.15, -0.1) is 0 Å². The summed E-state index contributed by atoms with van der Waals surface area (Å²) in [5.74, 6) is 0.685. The Hall–Kier alpha value is 0.0600. The Morgan fingerprint density at radius 3 is 2.39 bits per heavy atom. The fourth-order valence-electron chi connectivity index (χ4n) is 2.11. The average molecular weight is 354 g/mol. The van der Waals surface area contributed by atoms with Crippen LogP contribution in [0.2, 0.25) is 10.3 Å². The zero-order valence-corrected chi connectivity index (χ0v) is 13.4. The molecule has 0 spiro atoms. The molecular weight excluding hydrogens is 339 g/mol. The van der Waals surface area contributed by atoms with Gasteiger partial charge in [0.1, 0.15) is 16.1 Å². The first-order valence-corrected chi connectivity index (χ1v) is 7.31. The summed E-state index contributed by atoms with van der Waals surface area (Å²) in [6.45, 7) is 2.98. The number of aromatic nitrogens is 2. The molecule has 0 aromatic carbocycles. The maximum Gasteiger partial charge on any atom is 0.150 e. The molecule has 2 heterocycles. The van der Waals surface area contributed by atoms with E-state index in [1.165, 1.54) is 0 Å². The minimum atomic E-state index is 0.126. The molecule has 1 unspecified atom stereocenters. The molecule has 0 N–H and O–H groups in total. The molecule has 2 rings (SSSR count). The third-order valence-corrected chi connectivity index (χ3v) is 4.91. The van der Waals surface area contributed by atoms with Gasteiger partial charge < -0.3 is 4.90 Å². The smallest absolute Gasteiger partial charge is 0.150 e. The second kappa shape index (κ2) is 6.01. The quantitative estimate of drug-likeness (QED) is 0.726. The van der Waals surface area contributed by atoms with E-state index in [0.29, 0.717) is 20.6 Å². The SMILES string of the molecule is CN1CCCN(C)C(c2nc(Cl)c(Br)c(Cl)n2)C1. The molecule has 1 aliphatic rings. The number of hydrogen-bond acceptors (Lipinski definition) is 4. The van der Waals surface area contributed by atoms with Gasteiger partial charge in [0, 0.05) is 6.54 Å². The predicted molar refractivity (Wildman–Crippen MR) is 77.2 cm³/mol. The highest BCUT2D eigenvalue weighted by molar-refractivity contribution is 9.10. The Morgan fingerprint density at radius 2 is 1.78 bits per heavy atom. The fraction of sp³-hybridized carbons (Fsp3) is 0.636. The standard InChI is InChI=1S/C11H15BrCl2N4/c1-17-4-3-5-18(2)7(6-17)11-15-9(13)8(12)10(14)16-11/h7H,3-6H2,1-2H3. The van der Waals surface area contributed by atoms with Crippen molar-refractivity contribution in [1.82, 2.24) is 19.8 Å². The van der Waals surface area contributed by atoms with Gasteiger partial charge >= 0.3 is 0 Å². The van der Waals surface area contributed by atoms with Gasteiger partial charge in [0.15, 0.2) is 0 Å². The lowest BCUT2D eigenvalue weighted by Gasteiger charge is -2.26. The molecule has 1 saturated heterocycles. The van der Waals surface area contributed by atoms with Gasteiger partial charge in [-0.3, -0.25) is 4.90 Å². The highest BCUT2D eigenvalue weighted by Crippen LogP contribution is 2.30. The molecule has 18 heavy (non-hydrogen) atoms. The first kappa shape index (κ1) is 14.5. The normalized spacial score (nSPS) is 23.1. The number of hydrogen-bond donors (Lipinski definition) is 0. The van der Waals surface area contributed by atoms with Crippen molar-refractivity contribution in [3.63, 3.8) is 0 Å². The van der Waals surface area contributed by atoms with E-state index in [4.69, 9.17) is 23.2 Å². The van der Waals surface area contributed by atoms with E-state index >= 15 is 0 Å². The Labute approximate surface area is 125 Å². The molecule has 0 aliphatic carbocycles. The van der Waals surface area contributed by atoms with Crippen molar-refractivity contribution in [3.8, 4) is 0 Å². The molecule has 0 amide bonds. The lowest BCUT2D eigenvalue weighted by Crippen LogP contribution is -2.32. The monoisotopic (exact) mass is 352 g/mol. The van der Waals surface area contributed by atoms with Gasteiger partial charge in [-0.05, 0) is 49.5 Å². The van der Waals surface area contributed by atoms with Crippen LogP contribution in [-0.2, 0) is 0 Å². The zero-order chi connectivity index (χ0) is 13.3. The molecule has 100 valence electrons. The molecule has 4 nitrogen and oxygen atoms in total. The van der Waals surface area contributed by atoms with E-state index in [1.807, 2.05) is 0 Å². The maximum absolute atomic E-state index is 6.05. The van der Waals surface area contributed by atoms with Crippen LogP contribution in [0.15, 0.2) is 4.47 Å². The van der Waals surface area contributed by atoms with Crippen LogP contribution in [0.3, 0.4) is 0 Å². The molecule has 1 atom stereocenters. The Morgan fingerprint density at radius 1 is 1.17 bits per heavy atom. The molecule has 0 saturated carbocycles. The highest BCUT2D eigenvalue weighted by atomic mass is 79.9. The van der Waals surface area contributed by atoms with Crippen LogP contribution in [-0.4, -0.2) is 53.5 Å². The number of likely N-dealkylation sites (N-methyl/N-ethyl adjacent to an activating group) is 2. The van der Waals surface area contributed by atoms with Gasteiger partial charge in [0.25, 0.3) is 0 Å². The van der Waals surface area contributed by atoms with Crippen LogP contribution in [0.5, 0.6) is 0 Å². The van der Waals surface area contributed by atoms with E-state index < -0.39 is 0 Å². The number of halogens is 3. The number of rotatable bonds is 1. The van der Waals surface area contributed by atoms with Gasteiger partial charge in [0.2, 0.25) is 0 Å². The molecule has 1 aromatic rings. The van der Waals surface area contributed by atoms with Crippen molar-refractivity contribution in [2.45, 2.75) is 12.5 Å². The Balaban J connectivity index is 2.33. The van der Waals surface area contributed by atoms with Gasteiger partial charge in [0.05, 0.1) is 10.5 Å². The zero-order valence-electron chi connectivity index (χ0n) is 10.3. The first-order valence-electron chi connectivity index (χ1n) is 5.76. The number of nitrogens with zero attached hydrogens (tertiary/aromatic N) is 4. The second-order valence-electron chi connectivity index (χ2n) is 4.59. The third-order valence-electron chi connectivity index (χ3n) is 3.15. The van der Waals surface area contributed by atoms with Gasteiger partial charge in [-0.1, -0.05) is 23.2 Å².